The molecule has 0 unspecified atom stereocenters. The molecule has 0 saturated carbocycles. The van der Waals surface area contributed by atoms with Crippen molar-refractivity contribution in [3.05, 3.63) is 30.6 Å². The zero-order chi connectivity index (χ0) is 14.7. The van der Waals surface area contributed by atoms with Crippen LogP contribution in [0, 0.1) is 0 Å². The zero-order valence-corrected chi connectivity index (χ0v) is 12.4. The van der Waals surface area contributed by atoms with Gasteiger partial charge in [0, 0.05) is 18.4 Å². The highest BCUT2D eigenvalue weighted by Gasteiger charge is 2.19. The van der Waals surface area contributed by atoms with Crippen LogP contribution in [0.5, 0.6) is 11.5 Å². The third kappa shape index (κ3) is 2.74. The summed E-state index contributed by atoms with van der Waals surface area (Å²) in [7, 11) is 3.32. The molecule has 5 heteroatoms. The second-order valence-corrected chi connectivity index (χ2v) is 5.07. The van der Waals surface area contributed by atoms with E-state index >= 15 is 0 Å². The maximum Gasteiger partial charge on any atom is 0.150 e. The highest BCUT2D eigenvalue weighted by Crippen LogP contribution is 2.38. The molecule has 3 rings (SSSR count). The SMILES string of the molecule is COc1cccc(OC)c1-c1cnn([C@H]2CCCCO2)c1. The molecule has 0 radical (unpaired) electrons. The van der Waals surface area contributed by atoms with Crippen molar-refractivity contribution < 1.29 is 14.2 Å². The molecule has 5 nitrogen and oxygen atoms in total. The Morgan fingerprint density at radius 3 is 2.57 bits per heavy atom. The van der Waals surface area contributed by atoms with Gasteiger partial charge in [0.25, 0.3) is 0 Å². The van der Waals surface area contributed by atoms with Crippen molar-refractivity contribution >= 4 is 0 Å². The standard InChI is InChI=1S/C16H20N2O3/c1-19-13-6-5-7-14(20-2)16(13)12-10-17-18(11-12)15-8-3-4-9-21-15/h5-7,10-11,15H,3-4,8-9H2,1-2H3/t15-/m1/s1. The number of aromatic nitrogens is 2. The van der Waals surface area contributed by atoms with Crippen LogP contribution in [-0.2, 0) is 4.74 Å². The molecule has 112 valence electrons. The maximum atomic E-state index is 5.76. The van der Waals surface area contributed by atoms with E-state index in [0.717, 1.165) is 42.1 Å². The lowest BCUT2D eigenvalue weighted by Crippen LogP contribution is -2.18. The summed E-state index contributed by atoms with van der Waals surface area (Å²) in [5.41, 5.74) is 1.89. The van der Waals surface area contributed by atoms with Crippen LogP contribution in [-0.4, -0.2) is 30.6 Å². The van der Waals surface area contributed by atoms with Crippen molar-refractivity contribution in [1.82, 2.24) is 9.78 Å². The van der Waals surface area contributed by atoms with Gasteiger partial charge in [-0.25, -0.2) is 4.68 Å². The van der Waals surface area contributed by atoms with Gasteiger partial charge in [-0.15, -0.1) is 0 Å². The fourth-order valence-electron chi connectivity index (χ4n) is 2.69. The van der Waals surface area contributed by atoms with Crippen LogP contribution >= 0.6 is 0 Å². The summed E-state index contributed by atoms with van der Waals surface area (Å²) in [4.78, 5) is 0. The molecule has 1 aliphatic heterocycles. The first kappa shape index (κ1) is 13.9. The largest absolute Gasteiger partial charge is 0.496 e. The van der Waals surface area contributed by atoms with E-state index in [1.807, 2.05) is 35.3 Å². The average molecular weight is 288 g/mol. The van der Waals surface area contributed by atoms with Gasteiger partial charge in [0.2, 0.25) is 0 Å². The number of ether oxygens (including phenoxy) is 3. The molecule has 0 amide bonds. The Balaban J connectivity index is 1.95. The van der Waals surface area contributed by atoms with Gasteiger partial charge in [-0.05, 0) is 31.4 Å². The predicted octanol–water partition coefficient (Wildman–Crippen LogP) is 3.27. The molecule has 0 aliphatic carbocycles. The van der Waals surface area contributed by atoms with Gasteiger partial charge in [-0.1, -0.05) is 6.07 Å². The van der Waals surface area contributed by atoms with Crippen molar-refractivity contribution in [2.75, 3.05) is 20.8 Å². The van der Waals surface area contributed by atoms with E-state index < -0.39 is 0 Å². The Morgan fingerprint density at radius 2 is 1.95 bits per heavy atom. The Hall–Kier alpha value is -2.01. The summed E-state index contributed by atoms with van der Waals surface area (Å²) in [5.74, 6) is 1.55. The van der Waals surface area contributed by atoms with Crippen molar-refractivity contribution in [2.24, 2.45) is 0 Å². The first-order chi connectivity index (χ1) is 10.3. The highest BCUT2D eigenvalue weighted by molar-refractivity contribution is 5.76. The van der Waals surface area contributed by atoms with Crippen LogP contribution in [0.2, 0.25) is 0 Å². The lowest BCUT2D eigenvalue weighted by atomic mass is 10.1. The summed E-state index contributed by atoms with van der Waals surface area (Å²) in [6.07, 6.45) is 7.18. The number of hydrogen-bond acceptors (Lipinski definition) is 4. The summed E-state index contributed by atoms with van der Waals surface area (Å²) in [5, 5.41) is 4.45. The maximum absolute atomic E-state index is 5.76. The van der Waals surface area contributed by atoms with Gasteiger partial charge in [-0.3, -0.25) is 0 Å². The molecule has 0 bridgehead atoms. The first-order valence-corrected chi connectivity index (χ1v) is 7.20. The molecule has 0 spiro atoms. The molecule has 1 saturated heterocycles. The molecule has 1 aliphatic rings. The van der Waals surface area contributed by atoms with Crippen molar-refractivity contribution in [2.45, 2.75) is 25.5 Å². The second kappa shape index (κ2) is 6.18. The van der Waals surface area contributed by atoms with Crippen molar-refractivity contribution in [3.63, 3.8) is 0 Å². The van der Waals surface area contributed by atoms with E-state index in [4.69, 9.17) is 14.2 Å². The molecule has 1 atom stereocenters. The van der Waals surface area contributed by atoms with Crippen LogP contribution in [0.3, 0.4) is 0 Å². The van der Waals surface area contributed by atoms with Gasteiger partial charge in [0.1, 0.15) is 17.7 Å². The van der Waals surface area contributed by atoms with Gasteiger partial charge < -0.3 is 14.2 Å². The fraction of sp³-hybridized carbons (Fsp3) is 0.438. The average Bonchev–Trinajstić information content (AvgIpc) is 3.04. The lowest BCUT2D eigenvalue weighted by molar-refractivity contribution is -0.0394. The van der Waals surface area contributed by atoms with E-state index in [9.17, 15) is 0 Å². The Morgan fingerprint density at radius 1 is 1.19 bits per heavy atom. The van der Waals surface area contributed by atoms with E-state index in [0.29, 0.717) is 0 Å². The van der Waals surface area contributed by atoms with Gasteiger partial charge in [0.05, 0.1) is 26.0 Å². The van der Waals surface area contributed by atoms with Crippen LogP contribution < -0.4 is 9.47 Å². The number of methoxy groups -OCH3 is 2. The van der Waals surface area contributed by atoms with Gasteiger partial charge >= 0.3 is 0 Å². The number of nitrogens with zero attached hydrogens (tertiary/aromatic N) is 2. The molecular weight excluding hydrogens is 268 g/mol. The molecule has 2 heterocycles. The molecule has 2 aromatic rings. The summed E-state index contributed by atoms with van der Waals surface area (Å²) in [6, 6.07) is 5.76. The number of benzene rings is 1. The summed E-state index contributed by atoms with van der Waals surface area (Å²) >= 11 is 0. The monoisotopic (exact) mass is 288 g/mol. The van der Waals surface area contributed by atoms with Crippen LogP contribution in [0.15, 0.2) is 30.6 Å². The summed E-state index contributed by atoms with van der Waals surface area (Å²) < 4.78 is 18.6. The van der Waals surface area contributed by atoms with Gasteiger partial charge in [0.15, 0.2) is 0 Å². The number of rotatable bonds is 4. The minimum absolute atomic E-state index is 0.0354. The Kier molecular flexibility index (Phi) is 4.10. The van der Waals surface area contributed by atoms with E-state index in [-0.39, 0.29) is 6.23 Å². The molecule has 1 aromatic carbocycles. The molecular formula is C16H20N2O3. The van der Waals surface area contributed by atoms with E-state index in [1.54, 1.807) is 14.2 Å². The van der Waals surface area contributed by atoms with Crippen LogP contribution in [0.4, 0.5) is 0 Å². The summed E-state index contributed by atoms with van der Waals surface area (Å²) in [6.45, 7) is 0.803. The van der Waals surface area contributed by atoms with E-state index in [1.165, 1.54) is 6.42 Å². The third-order valence-electron chi connectivity index (χ3n) is 3.77. The highest BCUT2D eigenvalue weighted by atomic mass is 16.5. The Bertz CT molecular complexity index is 581. The second-order valence-electron chi connectivity index (χ2n) is 5.07. The van der Waals surface area contributed by atoms with Crippen molar-refractivity contribution in [1.29, 1.82) is 0 Å². The van der Waals surface area contributed by atoms with Crippen LogP contribution in [0.1, 0.15) is 25.5 Å². The van der Waals surface area contributed by atoms with E-state index in [2.05, 4.69) is 5.10 Å². The topological polar surface area (TPSA) is 45.5 Å². The Labute approximate surface area is 124 Å². The van der Waals surface area contributed by atoms with Gasteiger partial charge in [-0.2, -0.15) is 5.10 Å². The lowest BCUT2D eigenvalue weighted by Gasteiger charge is -2.22. The number of hydrogen-bond donors (Lipinski definition) is 0. The van der Waals surface area contributed by atoms with Crippen LogP contribution in [0.25, 0.3) is 11.1 Å². The first-order valence-electron chi connectivity index (χ1n) is 7.20. The zero-order valence-electron chi connectivity index (χ0n) is 12.4. The predicted molar refractivity (Wildman–Crippen MR) is 79.6 cm³/mol. The minimum Gasteiger partial charge on any atom is -0.496 e. The fourth-order valence-corrected chi connectivity index (χ4v) is 2.69. The third-order valence-corrected chi connectivity index (χ3v) is 3.77. The molecule has 21 heavy (non-hydrogen) atoms. The smallest absolute Gasteiger partial charge is 0.150 e. The molecule has 0 N–H and O–H groups in total. The van der Waals surface area contributed by atoms with Crippen molar-refractivity contribution in [3.8, 4) is 22.6 Å². The molecule has 1 fully saturated rings. The quantitative estimate of drug-likeness (QED) is 0.866. The molecule has 1 aromatic heterocycles. The minimum atomic E-state index is 0.0354. The normalized spacial score (nSPS) is 18.5.